The van der Waals surface area contributed by atoms with Gasteiger partial charge in [-0.25, -0.2) is 0 Å². The van der Waals surface area contributed by atoms with Gasteiger partial charge in [0.05, 0.1) is 0 Å². The van der Waals surface area contributed by atoms with Crippen LogP contribution in [0.3, 0.4) is 0 Å². The fraction of sp³-hybridized carbons (Fsp3) is 0.455. The predicted octanol–water partition coefficient (Wildman–Crippen LogP) is 4.10. The zero-order chi connectivity index (χ0) is 11.6. The van der Waals surface area contributed by atoms with Crippen molar-refractivity contribution < 1.29 is 13.2 Å². The first-order valence-electron chi connectivity index (χ1n) is 4.66. The second kappa shape index (κ2) is 4.78. The summed E-state index contributed by atoms with van der Waals surface area (Å²) in [7, 11) is 0. The molecule has 0 bridgehead atoms. The van der Waals surface area contributed by atoms with Gasteiger partial charge in [0, 0.05) is 0 Å². The second-order valence-corrected chi connectivity index (χ2v) is 11.5. The van der Waals surface area contributed by atoms with Crippen LogP contribution in [0, 0.1) is 0 Å². The fourth-order valence-electron chi connectivity index (χ4n) is 1.25. The van der Waals surface area contributed by atoms with E-state index in [2.05, 4.69) is 16.7 Å². The number of hydrogen-bond acceptors (Lipinski definition) is 0. The van der Waals surface area contributed by atoms with E-state index >= 15 is 0 Å². The summed E-state index contributed by atoms with van der Waals surface area (Å²) in [5.41, 5.74) is 0.477. The molecule has 0 saturated heterocycles. The molecule has 1 aromatic carbocycles. The summed E-state index contributed by atoms with van der Waals surface area (Å²) in [6.07, 6.45) is -4.22. The fourth-order valence-corrected chi connectivity index (χ4v) is 3.44. The van der Waals surface area contributed by atoms with E-state index < -0.39 is 31.9 Å². The van der Waals surface area contributed by atoms with Crippen LogP contribution in [-0.2, 0) is 6.18 Å². The quantitative estimate of drug-likeness (QED) is 0.718. The van der Waals surface area contributed by atoms with Crippen LogP contribution in [0.5, 0.6) is 0 Å². The van der Waals surface area contributed by atoms with Crippen LogP contribution in [0.25, 0.3) is 0 Å². The molecule has 0 saturated carbocycles. The molecule has 0 aromatic heterocycles. The second-order valence-electron chi connectivity index (χ2n) is 3.76. The van der Waals surface area contributed by atoms with Crippen LogP contribution in [0.1, 0.15) is 21.9 Å². The first-order chi connectivity index (χ1) is 6.82. The maximum atomic E-state index is 12.3. The van der Waals surface area contributed by atoms with E-state index in [1.807, 2.05) is 0 Å². The third kappa shape index (κ3) is 3.41. The summed E-state index contributed by atoms with van der Waals surface area (Å²) < 4.78 is 37.3. The molecule has 1 rings (SSSR count). The van der Waals surface area contributed by atoms with Crippen molar-refractivity contribution in [3.8, 4) is 0 Å². The Kier molecular flexibility index (Phi) is 4.11. The standard InChI is InChI=1S/C9H8F3.2CH3.Sb/c1-2-7-3-5-8(6-4-7)9(10,11)12;;;/h2-6H,1H3;2*1H3;. The van der Waals surface area contributed by atoms with Gasteiger partial charge >= 0.3 is 95.5 Å². The third-order valence-corrected chi connectivity index (χ3v) is 7.77. The minimum atomic E-state index is -4.22. The molecule has 0 aliphatic rings. The van der Waals surface area contributed by atoms with E-state index in [-0.39, 0.29) is 0 Å². The van der Waals surface area contributed by atoms with Gasteiger partial charge in [-0.15, -0.1) is 0 Å². The van der Waals surface area contributed by atoms with Crippen molar-refractivity contribution in [2.24, 2.45) is 0 Å². The van der Waals surface area contributed by atoms with Gasteiger partial charge in [0.15, 0.2) is 0 Å². The van der Waals surface area contributed by atoms with Crippen molar-refractivity contribution >= 4 is 20.2 Å². The summed E-state index contributed by atoms with van der Waals surface area (Å²) in [6.45, 7) is 2.10. The SMILES string of the molecule is C[CH](c1ccc(C(F)(F)F)cc1)[Sb]([CH3])[CH3]. The molecule has 0 spiro atoms. The Morgan fingerprint density at radius 1 is 1.07 bits per heavy atom. The van der Waals surface area contributed by atoms with Gasteiger partial charge in [-0.1, -0.05) is 0 Å². The summed E-state index contributed by atoms with van der Waals surface area (Å²) in [4.78, 5) is 4.48. The molecule has 0 fully saturated rings. The minimum absolute atomic E-state index is 0.468. The first-order valence-corrected chi connectivity index (χ1v) is 11.2. The monoisotopic (exact) mass is 324 g/mol. The molecule has 1 atom stereocenters. The number of halogens is 3. The first kappa shape index (κ1) is 12.9. The Hall–Kier alpha value is -0.172. The number of rotatable bonds is 2. The topological polar surface area (TPSA) is 0 Å². The van der Waals surface area contributed by atoms with Gasteiger partial charge < -0.3 is 0 Å². The molecular weight excluding hydrogens is 311 g/mol. The van der Waals surface area contributed by atoms with Gasteiger partial charge in [0.25, 0.3) is 0 Å². The zero-order valence-electron chi connectivity index (χ0n) is 8.97. The van der Waals surface area contributed by atoms with Crippen molar-refractivity contribution in [2.75, 3.05) is 0 Å². The van der Waals surface area contributed by atoms with Crippen LogP contribution >= 0.6 is 0 Å². The van der Waals surface area contributed by atoms with E-state index in [4.69, 9.17) is 0 Å². The van der Waals surface area contributed by atoms with Crippen molar-refractivity contribution in [1.29, 1.82) is 0 Å². The molecule has 0 heterocycles. The molecular formula is C11H14F3Sb. The molecule has 1 unspecified atom stereocenters. The van der Waals surface area contributed by atoms with E-state index in [0.717, 1.165) is 5.56 Å². The van der Waals surface area contributed by atoms with Crippen LogP contribution in [0.4, 0.5) is 13.2 Å². The maximum absolute atomic E-state index is 12.3. The Morgan fingerprint density at radius 2 is 1.53 bits per heavy atom. The zero-order valence-corrected chi connectivity index (χ0v) is 11.5. The van der Waals surface area contributed by atoms with Crippen LogP contribution in [0.15, 0.2) is 24.3 Å². The molecule has 0 aliphatic heterocycles. The van der Waals surface area contributed by atoms with Gasteiger partial charge in [0.2, 0.25) is 0 Å². The normalized spacial score (nSPS) is 14.3. The molecule has 0 N–H and O–H groups in total. The Bertz CT molecular complexity index is 314. The van der Waals surface area contributed by atoms with Crippen LogP contribution < -0.4 is 0 Å². The third-order valence-electron chi connectivity index (χ3n) is 2.50. The summed E-state index contributed by atoms with van der Waals surface area (Å²) in [5.74, 6) is 0. The van der Waals surface area contributed by atoms with E-state index in [1.165, 1.54) is 12.1 Å². The number of hydrogen-bond donors (Lipinski definition) is 0. The molecule has 0 aliphatic carbocycles. The Morgan fingerprint density at radius 3 is 1.87 bits per heavy atom. The average molecular weight is 325 g/mol. The molecule has 84 valence electrons. The predicted molar refractivity (Wildman–Crippen MR) is 57.3 cm³/mol. The number of alkyl halides is 3. The van der Waals surface area contributed by atoms with Gasteiger partial charge in [-0.05, 0) is 0 Å². The van der Waals surface area contributed by atoms with Crippen molar-refractivity contribution in [3.05, 3.63) is 35.4 Å². The molecule has 1 aromatic rings. The van der Waals surface area contributed by atoms with Crippen LogP contribution in [0.2, 0.25) is 9.74 Å². The molecule has 15 heavy (non-hydrogen) atoms. The van der Waals surface area contributed by atoms with E-state index in [9.17, 15) is 13.2 Å². The Labute approximate surface area is 95.4 Å². The summed E-state index contributed by atoms with van der Waals surface area (Å²) in [6, 6.07) is 5.57. The van der Waals surface area contributed by atoms with Crippen molar-refractivity contribution in [3.63, 3.8) is 0 Å². The van der Waals surface area contributed by atoms with Crippen molar-refractivity contribution in [2.45, 2.75) is 26.7 Å². The summed E-state index contributed by atoms with van der Waals surface area (Å²) >= 11 is -1.23. The molecule has 0 amide bonds. The summed E-state index contributed by atoms with van der Waals surface area (Å²) in [5, 5.41) is 0. The van der Waals surface area contributed by atoms with Crippen molar-refractivity contribution in [1.82, 2.24) is 0 Å². The van der Waals surface area contributed by atoms with E-state index in [0.29, 0.717) is 3.86 Å². The van der Waals surface area contributed by atoms with Crippen LogP contribution in [-0.4, -0.2) is 20.2 Å². The van der Waals surface area contributed by atoms with Gasteiger partial charge in [-0.2, -0.15) is 0 Å². The van der Waals surface area contributed by atoms with Gasteiger partial charge in [-0.3, -0.25) is 0 Å². The average Bonchev–Trinajstić information content (AvgIpc) is 2.15. The molecule has 0 nitrogen and oxygen atoms in total. The number of benzene rings is 1. The molecule has 0 radical (unpaired) electrons. The van der Waals surface area contributed by atoms with E-state index in [1.54, 1.807) is 12.1 Å². The molecule has 4 heteroatoms. The Balaban J connectivity index is 2.91. The van der Waals surface area contributed by atoms with Gasteiger partial charge in [0.1, 0.15) is 0 Å².